The number of Topliss-reactive ketones (excluding diaryl/α,β-unsaturated/α-hetero) is 1. The van der Waals surface area contributed by atoms with E-state index in [-0.39, 0.29) is 12.6 Å². The summed E-state index contributed by atoms with van der Waals surface area (Å²) < 4.78 is 16.5. The van der Waals surface area contributed by atoms with Crippen LogP contribution in [0.2, 0.25) is 0 Å². The van der Waals surface area contributed by atoms with Gasteiger partial charge >= 0.3 is 0 Å². The molecule has 31 heavy (non-hydrogen) atoms. The van der Waals surface area contributed by atoms with Gasteiger partial charge in [0.15, 0.2) is 11.5 Å². The van der Waals surface area contributed by atoms with E-state index in [2.05, 4.69) is 31.2 Å². The number of benzene rings is 3. The monoisotopic (exact) mass is 414 g/mol. The Labute approximate surface area is 182 Å². The minimum absolute atomic E-state index is 0.245. The normalized spacial score (nSPS) is 15.5. The molecule has 1 aliphatic heterocycles. The van der Waals surface area contributed by atoms with Crippen LogP contribution in [0.4, 0.5) is 0 Å². The average molecular weight is 415 g/mol. The molecule has 1 aliphatic carbocycles. The molecule has 4 nitrogen and oxygen atoms in total. The van der Waals surface area contributed by atoms with Gasteiger partial charge in [0.25, 0.3) is 0 Å². The molecular formula is C27H26O4. The van der Waals surface area contributed by atoms with E-state index in [4.69, 9.17) is 14.2 Å². The second-order valence-electron chi connectivity index (χ2n) is 8.30. The maximum Gasteiger partial charge on any atom is 0.231 e. The molecule has 1 saturated carbocycles. The predicted octanol–water partition coefficient (Wildman–Crippen LogP) is 5.50. The highest BCUT2D eigenvalue weighted by Crippen LogP contribution is 2.51. The summed E-state index contributed by atoms with van der Waals surface area (Å²) in [5, 5.41) is 0. The number of para-hydroxylation sites is 1. The SMILES string of the molecule is CCc1ccc(CC(=O)C2(c3ccc4c(c3)OCO4)CC2)cc1-c1ccccc1OC. The molecule has 0 aromatic heterocycles. The molecule has 158 valence electrons. The number of ketones is 1. The van der Waals surface area contributed by atoms with Gasteiger partial charge in [-0.3, -0.25) is 4.79 Å². The zero-order chi connectivity index (χ0) is 21.4. The molecule has 0 radical (unpaired) electrons. The van der Waals surface area contributed by atoms with Crippen molar-refractivity contribution in [2.45, 2.75) is 38.0 Å². The topological polar surface area (TPSA) is 44.8 Å². The molecular weight excluding hydrogens is 388 g/mol. The van der Waals surface area contributed by atoms with Crippen LogP contribution in [0.25, 0.3) is 11.1 Å². The second kappa shape index (κ2) is 7.77. The van der Waals surface area contributed by atoms with E-state index in [0.29, 0.717) is 6.42 Å². The van der Waals surface area contributed by atoms with Crippen molar-refractivity contribution in [3.05, 3.63) is 77.4 Å². The van der Waals surface area contributed by atoms with E-state index < -0.39 is 5.41 Å². The number of aryl methyl sites for hydroxylation is 1. The molecule has 0 amide bonds. The standard InChI is InChI=1S/C27H26O4/c1-3-19-9-8-18(14-22(19)21-6-4-5-7-23(21)29-2)15-26(28)27(12-13-27)20-10-11-24-25(16-20)31-17-30-24/h4-11,14,16H,3,12-13,15,17H2,1-2H3. The smallest absolute Gasteiger partial charge is 0.231 e. The van der Waals surface area contributed by atoms with E-state index >= 15 is 0 Å². The Bertz CT molecular complexity index is 1140. The summed E-state index contributed by atoms with van der Waals surface area (Å²) in [6, 6.07) is 20.4. The fraction of sp³-hybridized carbons (Fsp3) is 0.296. The van der Waals surface area contributed by atoms with Crippen molar-refractivity contribution in [3.63, 3.8) is 0 Å². The van der Waals surface area contributed by atoms with Gasteiger partial charge in [-0.15, -0.1) is 0 Å². The maximum absolute atomic E-state index is 13.4. The minimum atomic E-state index is -0.394. The highest BCUT2D eigenvalue weighted by atomic mass is 16.7. The third-order valence-electron chi connectivity index (χ3n) is 6.53. The van der Waals surface area contributed by atoms with Crippen LogP contribution < -0.4 is 14.2 Å². The third-order valence-corrected chi connectivity index (χ3v) is 6.53. The minimum Gasteiger partial charge on any atom is -0.496 e. The molecule has 2 aliphatic rings. The Morgan fingerprint density at radius 1 is 0.968 bits per heavy atom. The summed E-state index contributed by atoms with van der Waals surface area (Å²) >= 11 is 0. The summed E-state index contributed by atoms with van der Waals surface area (Å²) in [4.78, 5) is 13.4. The lowest BCUT2D eigenvalue weighted by Gasteiger charge is -2.17. The van der Waals surface area contributed by atoms with Crippen molar-refractivity contribution < 1.29 is 19.0 Å². The van der Waals surface area contributed by atoms with E-state index in [1.807, 2.05) is 36.4 Å². The van der Waals surface area contributed by atoms with Gasteiger partial charge in [-0.25, -0.2) is 0 Å². The van der Waals surface area contributed by atoms with Crippen molar-refractivity contribution in [2.24, 2.45) is 0 Å². The molecule has 0 bridgehead atoms. The van der Waals surface area contributed by atoms with Gasteiger partial charge in [-0.1, -0.05) is 49.4 Å². The first-order chi connectivity index (χ1) is 15.1. The van der Waals surface area contributed by atoms with Crippen LogP contribution in [0.15, 0.2) is 60.7 Å². The first-order valence-corrected chi connectivity index (χ1v) is 10.8. The Morgan fingerprint density at radius 2 is 1.77 bits per heavy atom. The van der Waals surface area contributed by atoms with E-state index in [9.17, 15) is 4.79 Å². The van der Waals surface area contributed by atoms with Crippen molar-refractivity contribution >= 4 is 5.78 Å². The van der Waals surface area contributed by atoms with E-state index in [0.717, 1.165) is 58.8 Å². The van der Waals surface area contributed by atoms with Crippen LogP contribution in [-0.2, 0) is 23.1 Å². The Balaban J connectivity index is 1.44. The van der Waals surface area contributed by atoms with Crippen LogP contribution in [0.3, 0.4) is 0 Å². The Kier molecular flexibility index (Phi) is 4.93. The number of methoxy groups -OCH3 is 1. The van der Waals surface area contributed by atoms with Gasteiger partial charge in [0, 0.05) is 12.0 Å². The summed E-state index contributed by atoms with van der Waals surface area (Å²) in [5.74, 6) is 2.60. The molecule has 5 rings (SSSR count). The maximum atomic E-state index is 13.4. The molecule has 0 unspecified atom stereocenters. The summed E-state index contributed by atoms with van der Waals surface area (Å²) in [5.41, 5.74) is 5.13. The van der Waals surface area contributed by atoms with Crippen LogP contribution in [0, 0.1) is 0 Å². The molecule has 0 spiro atoms. The summed E-state index contributed by atoms with van der Waals surface area (Å²) in [7, 11) is 1.69. The fourth-order valence-electron chi connectivity index (χ4n) is 4.56. The molecule has 1 fully saturated rings. The summed E-state index contributed by atoms with van der Waals surface area (Å²) in [6.45, 7) is 2.40. The molecule has 3 aromatic rings. The highest BCUT2D eigenvalue weighted by Gasteiger charge is 2.50. The van der Waals surface area contributed by atoms with Crippen LogP contribution >= 0.6 is 0 Å². The molecule has 0 saturated heterocycles. The number of fused-ring (bicyclic) bond motifs is 1. The van der Waals surface area contributed by atoms with Crippen LogP contribution in [0.1, 0.15) is 36.5 Å². The molecule has 3 aromatic carbocycles. The van der Waals surface area contributed by atoms with Crippen molar-refractivity contribution in [2.75, 3.05) is 13.9 Å². The fourth-order valence-corrected chi connectivity index (χ4v) is 4.56. The molecule has 0 atom stereocenters. The Morgan fingerprint density at radius 3 is 2.55 bits per heavy atom. The average Bonchev–Trinajstić information content (AvgIpc) is 3.50. The first kappa shape index (κ1) is 19.7. The number of hydrogen-bond donors (Lipinski definition) is 0. The molecule has 0 N–H and O–H groups in total. The van der Waals surface area contributed by atoms with Gasteiger partial charge in [-0.05, 0) is 59.7 Å². The Hall–Kier alpha value is -3.27. The lowest BCUT2D eigenvalue weighted by Crippen LogP contribution is -2.22. The lowest BCUT2D eigenvalue weighted by atomic mass is 9.86. The number of carbonyl (C=O) groups is 1. The van der Waals surface area contributed by atoms with Gasteiger partial charge in [0.1, 0.15) is 11.5 Å². The van der Waals surface area contributed by atoms with Crippen molar-refractivity contribution in [3.8, 4) is 28.4 Å². The third kappa shape index (κ3) is 3.46. The number of ether oxygens (including phenoxy) is 3. The first-order valence-electron chi connectivity index (χ1n) is 10.8. The van der Waals surface area contributed by atoms with E-state index in [1.165, 1.54) is 5.56 Å². The van der Waals surface area contributed by atoms with Gasteiger partial charge in [0.05, 0.1) is 12.5 Å². The number of carbonyl (C=O) groups excluding carboxylic acids is 1. The zero-order valence-corrected chi connectivity index (χ0v) is 17.9. The zero-order valence-electron chi connectivity index (χ0n) is 17.9. The largest absolute Gasteiger partial charge is 0.496 e. The van der Waals surface area contributed by atoms with Crippen LogP contribution in [0.5, 0.6) is 17.2 Å². The van der Waals surface area contributed by atoms with Crippen molar-refractivity contribution in [1.82, 2.24) is 0 Å². The van der Waals surface area contributed by atoms with Crippen molar-refractivity contribution in [1.29, 1.82) is 0 Å². The molecule has 1 heterocycles. The van der Waals surface area contributed by atoms with Crippen LogP contribution in [-0.4, -0.2) is 19.7 Å². The predicted molar refractivity (Wildman–Crippen MR) is 120 cm³/mol. The van der Waals surface area contributed by atoms with Gasteiger partial charge in [-0.2, -0.15) is 0 Å². The van der Waals surface area contributed by atoms with Gasteiger partial charge < -0.3 is 14.2 Å². The lowest BCUT2D eigenvalue weighted by molar-refractivity contribution is -0.120. The quantitative estimate of drug-likeness (QED) is 0.512. The van der Waals surface area contributed by atoms with Gasteiger partial charge in [0.2, 0.25) is 6.79 Å². The number of rotatable bonds is 7. The number of hydrogen-bond acceptors (Lipinski definition) is 4. The summed E-state index contributed by atoms with van der Waals surface area (Å²) in [6.07, 6.45) is 3.11. The second-order valence-corrected chi connectivity index (χ2v) is 8.30. The highest BCUT2D eigenvalue weighted by molar-refractivity contribution is 5.95. The molecule has 4 heteroatoms. The van der Waals surface area contributed by atoms with E-state index in [1.54, 1.807) is 7.11 Å².